The molecule has 3 N–H and O–H groups in total. The smallest absolute Gasteiger partial charge is 0.0213 e. The highest BCUT2D eigenvalue weighted by Gasteiger charge is 2.20. The van der Waals surface area contributed by atoms with Crippen LogP contribution in [0.25, 0.3) is 0 Å². The maximum Gasteiger partial charge on any atom is 0.0213 e. The van der Waals surface area contributed by atoms with Gasteiger partial charge < -0.3 is 0 Å². The Balaban J connectivity index is 2.42. The highest BCUT2D eigenvalue weighted by Crippen LogP contribution is 2.28. The summed E-state index contributed by atoms with van der Waals surface area (Å²) in [6, 6.07) is 0.549. The standard InChI is InChI=1S/C10H23N2P/c1-8(13)9-5-3-2-4-6-10(7-9)12-11/h8-10,12H,2-7,11,13H2,1H3. The van der Waals surface area contributed by atoms with Crippen molar-refractivity contribution in [1.82, 2.24) is 5.43 Å². The first-order valence-electron chi connectivity index (χ1n) is 5.45. The largest absolute Gasteiger partial charge is 0.271 e. The Bertz CT molecular complexity index is 139. The Morgan fingerprint density at radius 3 is 2.62 bits per heavy atom. The van der Waals surface area contributed by atoms with E-state index in [4.69, 9.17) is 5.84 Å². The molecule has 4 unspecified atom stereocenters. The molecule has 0 aromatic carbocycles. The monoisotopic (exact) mass is 202 g/mol. The van der Waals surface area contributed by atoms with Gasteiger partial charge in [-0.25, -0.2) is 0 Å². The number of hydrogen-bond donors (Lipinski definition) is 2. The van der Waals surface area contributed by atoms with Crippen molar-refractivity contribution >= 4 is 9.24 Å². The lowest BCUT2D eigenvalue weighted by Crippen LogP contribution is -2.38. The van der Waals surface area contributed by atoms with E-state index in [2.05, 4.69) is 21.6 Å². The van der Waals surface area contributed by atoms with Gasteiger partial charge in [0.1, 0.15) is 0 Å². The van der Waals surface area contributed by atoms with Crippen LogP contribution in [0.5, 0.6) is 0 Å². The first-order chi connectivity index (χ1) is 6.24. The molecule has 1 saturated carbocycles. The van der Waals surface area contributed by atoms with Crippen molar-refractivity contribution in [2.24, 2.45) is 11.8 Å². The molecule has 1 fully saturated rings. The lowest BCUT2D eigenvalue weighted by Gasteiger charge is -2.28. The van der Waals surface area contributed by atoms with Crippen molar-refractivity contribution in [3.8, 4) is 0 Å². The molecule has 0 amide bonds. The van der Waals surface area contributed by atoms with E-state index in [1.54, 1.807) is 0 Å². The quantitative estimate of drug-likeness (QED) is 0.408. The van der Waals surface area contributed by atoms with Crippen molar-refractivity contribution in [1.29, 1.82) is 0 Å². The molecule has 78 valence electrons. The second kappa shape index (κ2) is 5.95. The Labute approximate surface area is 84.2 Å². The Morgan fingerprint density at radius 2 is 2.00 bits per heavy atom. The average molecular weight is 202 g/mol. The third-order valence-electron chi connectivity index (χ3n) is 3.19. The SMILES string of the molecule is CC(P)C1CCCCCC(NN)C1. The summed E-state index contributed by atoms with van der Waals surface area (Å²) in [4.78, 5) is 0. The van der Waals surface area contributed by atoms with Gasteiger partial charge in [0, 0.05) is 6.04 Å². The van der Waals surface area contributed by atoms with Crippen LogP contribution in [-0.4, -0.2) is 11.7 Å². The first-order valence-corrected chi connectivity index (χ1v) is 6.12. The molecule has 1 rings (SSSR count). The highest BCUT2D eigenvalue weighted by atomic mass is 31.0. The zero-order chi connectivity index (χ0) is 9.68. The summed E-state index contributed by atoms with van der Waals surface area (Å²) >= 11 is 0. The van der Waals surface area contributed by atoms with Crippen molar-refractivity contribution in [2.75, 3.05) is 0 Å². The van der Waals surface area contributed by atoms with E-state index in [1.807, 2.05) is 0 Å². The maximum absolute atomic E-state index is 5.53. The van der Waals surface area contributed by atoms with Crippen molar-refractivity contribution < 1.29 is 0 Å². The van der Waals surface area contributed by atoms with Gasteiger partial charge in [0.15, 0.2) is 0 Å². The van der Waals surface area contributed by atoms with E-state index in [0.717, 1.165) is 11.6 Å². The minimum atomic E-state index is 0.549. The van der Waals surface area contributed by atoms with Crippen molar-refractivity contribution in [3.63, 3.8) is 0 Å². The molecule has 1 aliphatic carbocycles. The van der Waals surface area contributed by atoms with Crippen LogP contribution in [0.3, 0.4) is 0 Å². The molecular weight excluding hydrogens is 179 g/mol. The predicted molar refractivity (Wildman–Crippen MR) is 61.5 cm³/mol. The van der Waals surface area contributed by atoms with Crippen LogP contribution < -0.4 is 11.3 Å². The number of hydrogen-bond acceptors (Lipinski definition) is 2. The summed E-state index contributed by atoms with van der Waals surface area (Å²) in [5.74, 6) is 6.37. The van der Waals surface area contributed by atoms with Gasteiger partial charge in [0.2, 0.25) is 0 Å². The molecule has 0 heterocycles. The van der Waals surface area contributed by atoms with Crippen LogP contribution in [0.4, 0.5) is 0 Å². The lowest BCUT2D eigenvalue weighted by molar-refractivity contribution is 0.312. The van der Waals surface area contributed by atoms with Gasteiger partial charge in [-0.3, -0.25) is 11.3 Å². The minimum absolute atomic E-state index is 0.549. The van der Waals surface area contributed by atoms with Crippen LogP contribution in [0.15, 0.2) is 0 Å². The molecule has 1 aliphatic rings. The summed E-state index contributed by atoms with van der Waals surface area (Å²) in [7, 11) is 2.93. The second-order valence-electron chi connectivity index (χ2n) is 4.36. The average Bonchev–Trinajstić information content (AvgIpc) is 2.03. The molecule has 0 aromatic heterocycles. The van der Waals surface area contributed by atoms with Gasteiger partial charge in [-0.1, -0.05) is 26.2 Å². The fraction of sp³-hybridized carbons (Fsp3) is 1.00. The lowest BCUT2D eigenvalue weighted by atomic mass is 9.86. The zero-order valence-corrected chi connectivity index (χ0v) is 9.78. The third-order valence-corrected chi connectivity index (χ3v) is 3.74. The topological polar surface area (TPSA) is 38.0 Å². The normalized spacial score (nSPS) is 33.5. The first kappa shape index (κ1) is 11.4. The summed E-state index contributed by atoms with van der Waals surface area (Å²) in [5.41, 5.74) is 3.68. The Hall–Kier alpha value is 0.350. The molecule has 3 heteroatoms. The number of rotatable bonds is 2. The molecule has 0 saturated heterocycles. The molecular formula is C10H23N2P. The van der Waals surface area contributed by atoms with Crippen molar-refractivity contribution in [2.45, 2.75) is 57.1 Å². The number of hydrazine groups is 1. The van der Waals surface area contributed by atoms with E-state index < -0.39 is 0 Å². The zero-order valence-electron chi connectivity index (χ0n) is 8.63. The molecule has 0 aliphatic heterocycles. The number of nitrogens with one attached hydrogen (secondary N) is 1. The highest BCUT2D eigenvalue weighted by molar-refractivity contribution is 7.17. The minimum Gasteiger partial charge on any atom is -0.271 e. The summed E-state index contributed by atoms with van der Waals surface area (Å²) in [6.45, 7) is 2.30. The van der Waals surface area contributed by atoms with Crippen LogP contribution in [-0.2, 0) is 0 Å². The molecule has 13 heavy (non-hydrogen) atoms. The molecule has 0 radical (unpaired) electrons. The summed E-state index contributed by atoms with van der Waals surface area (Å²) < 4.78 is 0. The molecule has 0 spiro atoms. The van der Waals surface area contributed by atoms with Gasteiger partial charge in [0.05, 0.1) is 0 Å². The summed E-state index contributed by atoms with van der Waals surface area (Å²) in [6.07, 6.45) is 8.01. The predicted octanol–water partition coefficient (Wildman–Crippen LogP) is 2.05. The third kappa shape index (κ3) is 3.93. The van der Waals surface area contributed by atoms with E-state index in [1.165, 1.54) is 38.5 Å². The molecule has 4 atom stereocenters. The molecule has 0 aromatic rings. The maximum atomic E-state index is 5.53. The fourth-order valence-corrected chi connectivity index (χ4v) is 2.55. The van der Waals surface area contributed by atoms with Gasteiger partial charge >= 0.3 is 0 Å². The second-order valence-corrected chi connectivity index (χ2v) is 5.41. The fourth-order valence-electron chi connectivity index (χ4n) is 2.20. The number of nitrogens with two attached hydrogens (primary N) is 1. The van der Waals surface area contributed by atoms with E-state index in [9.17, 15) is 0 Å². The van der Waals surface area contributed by atoms with Crippen molar-refractivity contribution in [3.05, 3.63) is 0 Å². The van der Waals surface area contributed by atoms with Gasteiger partial charge in [0.25, 0.3) is 0 Å². The van der Waals surface area contributed by atoms with Gasteiger partial charge in [-0.2, -0.15) is 0 Å². The van der Waals surface area contributed by atoms with E-state index in [-0.39, 0.29) is 0 Å². The Morgan fingerprint density at radius 1 is 1.31 bits per heavy atom. The molecule has 0 bridgehead atoms. The Kier molecular flexibility index (Phi) is 5.23. The van der Waals surface area contributed by atoms with Crippen LogP contribution in [0.1, 0.15) is 45.4 Å². The van der Waals surface area contributed by atoms with Crippen LogP contribution >= 0.6 is 9.24 Å². The van der Waals surface area contributed by atoms with Crippen LogP contribution in [0.2, 0.25) is 0 Å². The van der Waals surface area contributed by atoms with Gasteiger partial charge in [-0.05, 0) is 30.8 Å². The van der Waals surface area contributed by atoms with Gasteiger partial charge in [-0.15, -0.1) is 9.24 Å². The summed E-state index contributed by atoms with van der Waals surface area (Å²) in [5, 5.41) is 0. The van der Waals surface area contributed by atoms with Crippen LogP contribution in [0, 0.1) is 5.92 Å². The van der Waals surface area contributed by atoms with E-state index >= 15 is 0 Å². The molecule has 2 nitrogen and oxygen atoms in total. The van der Waals surface area contributed by atoms with E-state index in [0.29, 0.717) is 6.04 Å².